The van der Waals surface area contributed by atoms with Gasteiger partial charge in [-0.05, 0) is 30.2 Å². The summed E-state index contributed by atoms with van der Waals surface area (Å²) in [5, 5.41) is 14.7. The van der Waals surface area contributed by atoms with Gasteiger partial charge in [-0.1, -0.05) is 29.8 Å². The molecule has 162 valence electrons. The molecule has 1 aromatic heterocycles. The van der Waals surface area contributed by atoms with Crippen LogP contribution in [-0.4, -0.2) is 39.1 Å². The highest BCUT2D eigenvalue weighted by atomic mass is 35.5. The van der Waals surface area contributed by atoms with Crippen LogP contribution in [0.1, 0.15) is 36.7 Å². The van der Waals surface area contributed by atoms with Crippen LogP contribution in [0.2, 0.25) is 5.02 Å². The van der Waals surface area contributed by atoms with E-state index in [1.807, 2.05) is 25.1 Å². The summed E-state index contributed by atoms with van der Waals surface area (Å²) >= 11 is 7.41. The number of amides is 3. The maximum Gasteiger partial charge on any atom is 0.282 e. The number of imide groups is 1. The number of anilines is 1. The van der Waals surface area contributed by atoms with Crippen LogP contribution < -0.4 is 5.32 Å². The van der Waals surface area contributed by atoms with Crippen LogP contribution in [0.3, 0.4) is 0 Å². The fraction of sp³-hybridized carbons (Fsp3) is 0.143. The number of carbonyl (C=O) groups excluding carboxylic acids is 3. The van der Waals surface area contributed by atoms with Crippen molar-refractivity contribution in [2.75, 3.05) is 11.9 Å². The first-order chi connectivity index (χ1) is 15.2. The van der Waals surface area contributed by atoms with Crippen LogP contribution in [0, 0.1) is 17.0 Å². The van der Waals surface area contributed by atoms with Crippen molar-refractivity contribution >= 4 is 51.5 Å². The van der Waals surface area contributed by atoms with Gasteiger partial charge in [-0.25, -0.2) is 4.98 Å². The Morgan fingerprint density at radius 1 is 1.25 bits per heavy atom. The van der Waals surface area contributed by atoms with Gasteiger partial charge in [0.2, 0.25) is 5.91 Å². The number of fused-ring (bicyclic) bond motifs is 1. The van der Waals surface area contributed by atoms with Crippen LogP contribution in [0.5, 0.6) is 0 Å². The minimum Gasteiger partial charge on any atom is -0.300 e. The Morgan fingerprint density at radius 2 is 2.03 bits per heavy atom. The molecule has 2 aromatic carbocycles. The third kappa shape index (κ3) is 4.10. The molecule has 1 aliphatic heterocycles. The summed E-state index contributed by atoms with van der Waals surface area (Å²) in [5.74, 6) is -2.26. The summed E-state index contributed by atoms with van der Waals surface area (Å²) in [7, 11) is 0. The second-order valence-electron chi connectivity index (χ2n) is 7.09. The number of aromatic nitrogens is 1. The van der Waals surface area contributed by atoms with Gasteiger partial charge in [0.15, 0.2) is 5.13 Å². The first-order valence-electron chi connectivity index (χ1n) is 9.37. The Balaban J connectivity index is 1.43. The van der Waals surface area contributed by atoms with Gasteiger partial charge in [0, 0.05) is 28.6 Å². The second-order valence-corrected chi connectivity index (χ2v) is 8.62. The molecule has 0 atom stereocenters. The van der Waals surface area contributed by atoms with Gasteiger partial charge in [0.25, 0.3) is 17.5 Å². The maximum absolute atomic E-state index is 12.6. The van der Waals surface area contributed by atoms with Crippen LogP contribution in [-0.2, 0) is 11.2 Å². The fourth-order valence-corrected chi connectivity index (χ4v) is 4.37. The Hall–Kier alpha value is -3.63. The number of nitro benzene ring substituents is 1. The van der Waals surface area contributed by atoms with Gasteiger partial charge in [0.05, 0.1) is 10.5 Å². The molecule has 0 fully saturated rings. The zero-order valence-electron chi connectivity index (χ0n) is 16.6. The molecule has 2 heterocycles. The van der Waals surface area contributed by atoms with Gasteiger partial charge in [-0.2, -0.15) is 0 Å². The van der Waals surface area contributed by atoms with Crippen molar-refractivity contribution in [1.82, 2.24) is 9.88 Å². The number of benzene rings is 2. The van der Waals surface area contributed by atoms with Gasteiger partial charge in [-0.3, -0.25) is 29.4 Å². The molecule has 1 aliphatic rings. The van der Waals surface area contributed by atoms with Crippen molar-refractivity contribution in [3.63, 3.8) is 0 Å². The highest BCUT2D eigenvalue weighted by molar-refractivity contribution is 7.15. The zero-order valence-corrected chi connectivity index (χ0v) is 18.2. The van der Waals surface area contributed by atoms with E-state index in [2.05, 4.69) is 10.3 Å². The number of nitrogens with one attached hydrogen (secondary N) is 1. The summed E-state index contributed by atoms with van der Waals surface area (Å²) in [6, 6.07) is 9.55. The molecular formula is C21H15ClN4O5S. The van der Waals surface area contributed by atoms with E-state index in [0.29, 0.717) is 21.5 Å². The second kappa shape index (κ2) is 8.48. The minimum atomic E-state index is -0.872. The number of nitro groups is 1. The lowest BCUT2D eigenvalue weighted by molar-refractivity contribution is -0.385. The van der Waals surface area contributed by atoms with E-state index in [-0.39, 0.29) is 11.1 Å². The number of aryl methyl sites for hydroxylation is 1. The summed E-state index contributed by atoms with van der Waals surface area (Å²) in [4.78, 5) is 53.7. The molecule has 0 saturated carbocycles. The summed E-state index contributed by atoms with van der Waals surface area (Å²) in [6.45, 7) is 1.34. The molecule has 3 aromatic rings. The van der Waals surface area contributed by atoms with Crippen LogP contribution in [0.4, 0.5) is 10.8 Å². The third-order valence-corrected chi connectivity index (χ3v) is 6.21. The van der Waals surface area contributed by atoms with Crippen LogP contribution >= 0.6 is 22.9 Å². The Labute approximate surface area is 190 Å². The van der Waals surface area contributed by atoms with E-state index in [4.69, 9.17) is 11.6 Å². The molecule has 32 heavy (non-hydrogen) atoms. The average Bonchev–Trinajstić information content (AvgIpc) is 3.28. The topological polar surface area (TPSA) is 123 Å². The Morgan fingerprint density at radius 3 is 2.75 bits per heavy atom. The van der Waals surface area contributed by atoms with Gasteiger partial charge in [0.1, 0.15) is 12.1 Å². The van der Waals surface area contributed by atoms with E-state index in [9.17, 15) is 24.5 Å². The van der Waals surface area contributed by atoms with Crippen LogP contribution in [0.25, 0.3) is 0 Å². The third-order valence-electron chi connectivity index (χ3n) is 4.89. The van der Waals surface area contributed by atoms with E-state index in [1.54, 1.807) is 6.20 Å². The molecule has 0 unspecified atom stereocenters. The van der Waals surface area contributed by atoms with E-state index >= 15 is 0 Å². The number of thiazole rings is 1. The Bertz CT molecular complexity index is 1290. The number of rotatable bonds is 6. The quantitative estimate of drug-likeness (QED) is 0.332. The molecule has 0 radical (unpaired) electrons. The van der Waals surface area contributed by atoms with Crippen molar-refractivity contribution in [3.8, 4) is 0 Å². The lowest BCUT2D eigenvalue weighted by Crippen LogP contribution is -2.37. The predicted octanol–water partition coefficient (Wildman–Crippen LogP) is 3.84. The summed E-state index contributed by atoms with van der Waals surface area (Å²) in [6.07, 6.45) is 2.20. The van der Waals surface area contributed by atoms with E-state index in [0.717, 1.165) is 22.1 Å². The largest absolute Gasteiger partial charge is 0.300 e. The monoisotopic (exact) mass is 470 g/mol. The average molecular weight is 471 g/mol. The molecule has 4 rings (SSSR count). The molecule has 0 spiro atoms. The van der Waals surface area contributed by atoms with Crippen molar-refractivity contribution in [1.29, 1.82) is 0 Å². The van der Waals surface area contributed by atoms with Crippen molar-refractivity contribution in [2.24, 2.45) is 0 Å². The van der Waals surface area contributed by atoms with Crippen molar-refractivity contribution < 1.29 is 19.3 Å². The number of nitrogens with zero attached hydrogens (tertiary/aromatic N) is 3. The van der Waals surface area contributed by atoms with E-state index < -0.39 is 34.9 Å². The molecule has 9 nitrogen and oxygen atoms in total. The first kappa shape index (κ1) is 21.6. The molecule has 11 heteroatoms. The smallest absolute Gasteiger partial charge is 0.282 e. The lowest BCUT2D eigenvalue weighted by atomic mass is 10.1. The first-order valence-corrected chi connectivity index (χ1v) is 10.6. The number of hydrogen-bond acceptors (Lipinski definition) is 7. The van der Waals surface area contributed by atoms with Gasteiger partial charge in [-0.15, -0.1) is 11.3 Å². The van der Waals surface area contributed by atoms with Gasteiger partial charge < -0.3 is 5.32 Å². The number of carbonyl (C=O) groups is 3. The Kier molecular flexibility index (Phi) is 5.72. The zero-order chi connectivity index (χ0) is 23.0. The molecule has 0 saturated heterocycles. The molecular weight excluding hydrogens is 456 g/mol. The number of halogens is 1. The molecule has 3 amide bonds. The highest BCUT2D eigenvalue weighted by Crippen LogP contribution is 2.31. The lowest BCUT2D eigenvalue weighted by Gasteiger charge is -2.12. The van der Waals surface area contributed by atoms with Crippen molar-refractivity contribution in [2.45, 2.75) is 13.3 Å². The van der Waals surface area contributed by atoms with Crippen LogP contribution in [0.15, 0.2) is 42.6 Å². The standard InChI is InChI=1S/C21H15ClN4O5S/c1-11-5-6-12(8-15(11)22)7-13-9-23-21(32-13)24-17(27)10-25-19(28)14-3-2-4-16(26(30)31)18(14)20(25)29/h2-6,8-9H,7,10H2,1H3,(H,23,24,27). The van der Waals surface area contributed by atoms with E-state index in [1.165, 1.54) is 23.5 Å². The predicted molar refractivity (Wildman–Crippen MR) is 118 cm³/mol. The number of hydrogen-bond donors (Lipinski definition) is 1. The van der Waals surface area contributed by atoms with Gasteiger partial charge >= 0.3 is 0 Å². The minimum absolute atomic E-state index is 0.0923. The fourth-order valence-electron chi connectivity index (χ4n) is 3.31. The summed E-state index contributed by atoms with van der Waals surface area (Å²) in [5.41, 5.74) is 1.11. The SMILES string of the molecule is Cc1ccc(Cc2cnc(NC(=O)CN3C(=O)c4cccc([N+](=O)[O-])c4C3=O)s2)cc1Cl. The highest BCUT2D eigenvalue weighted by Gasteiger charge is 2.41. The molecule has 0 bridgehead atoms. The van der Waals surface area contributed by atoms with Crippen molar-refractivity contribution in [3.05, 3.63) is 84.9 Å². The normalized spacial score (nSPS) is 12.8. The molecule has 1 N–H and O–H groups in total. The molecule has 0 aliphatic carbocycles. The maximum atomic E-state index is 12.6. The summed E-state index contributed by atoms with van der Waals surface area (Å²) < 4.78 is 0.